The quantitative estimate of drug-likeness (QED) is 0.679. The minimum Gasteiger partial charge on any atom is -0.444 e. The Morgan fingerprint density at radius 2 is 2.25 bits per heavy atom. The van der Waals surface area contributed by atoms with Gasteiger partial charge in [0.15, 0.2) is 0 Å². The number of hydrogen-bond acceptors (Lipinski definition) is 3. The van der Waals surface area contributed by atoms with Gasteiger partial charge in [-0.1, -0.05) is 0 Å². The fraction of sp³-hybridized carbons (Fsp3) is 0.909. The highest BCUT2D eigenvalue weighted by atomic mass is 19.1. The van der Waals surface area contributed by atoms with Crippen LogP contribution in [0.3, 0.4) is 0 Å². The number of fused-ring (bicyclic) bond motifs is 1. The van der Waals surface area contributed by atoms with E-state index in [9.17, 15) is 9.18 Å². The molecule has 5 heteroatoms. The van der Waals surface area contributed by atoms with Crippen LogP contribution >= 0.6 is 0 Å². The zero-order chi connectivity index (χ0) is 12.0. The number of amides is 1. The molecule has 1 N–H and O–H groups in total. The summed E-state index contributed by atoms with van der Waals surface area (Å²) in [5.41, 5.74) is -1.77. The molecular weight excluding hydrogens is 211 g/mol. The second kappa shape index (κ2) is 3.58. The minimum absolute atomic E-state index is 0.0833. The van der Waals surface area contributed by atoms with Crippen LogP contribution in [0.1, 0.15) is 20.8 Å². The summed E-state index contributed by atoms with van der Waals surface area (Å²) in [7, 11) is 0. The molecule has 16 heavy (non-hydrogen) atoms. The number of nitrogens with zero attached hydrogens (tertiary/aromatic N) is 1. The number of ether oxygens (including phenoxy) is 1. The molecule has 2 fully saturated rings. The molecule has 2 atom stereocenters. The van der Waals surface area contributed by atoms with Gasteiger partial charge in [-0.25, -0.2) is 9.18 Å². The molecule has 1 amide bonds. The van der Waals surface area contributed by atoms with Gasteiger partial charge in [-0.15, -0.1) is 0 Å². The minimum atomic E-state index is -1.25. The summed E-state index contributed by atoms with van der Waals surface area (Å²) in [6.45, 7) is 7.04. The van der Waals surface area contributed by atoms with E-state index in [0.717, 1.165) is 0 Å². The number of likely N-dealkylation sites (tertiary alicyclic amines) is 1. The largest absolute Gasteiger partial charge is 0.444 e. The summed E-state index contributed by atoms with van der Waals surface area (Å²) in [6.07, 6.45) is -0.404. The molecule has 0 radical (unpaired) electrons. The average Bonchev–Trinajstić information content (AvgIpc) is 2.55. The maximum absolute atomic E-state index is 14.2. The van der Waals surface area contributed by atoms with Crippen molar-refractivity contribution >= 4 is 6.09 Å². The molecule has 0 unspecified atom stereocenters. The van der Waals surface area contributed by atoms with E-state index in [1.807, 2.05) is 20.8 Å². The van der Waals surface area contributed by atoms with Crippen molar-refractivity contribution < 1.29 is 13.9 Å². The van der Waals surface area contributed by atoms with Crippen molar-refractivity contribution in [1.29, 1.82) is 0 Å². The van der Waals surface area contributed by atoms with Gasteiger partial charge < -0.3 is 15.0 Å². The smallest absolute Gasteiger partial charge is 0.410 e. The Morgan fingerprint density at radius 1 is 1.56 bits per heavy atom. The molecule has 2 saturated heterocycles. The molecular formula is C11H19FN2O2. The zero-order valence-electron chi connectivity index (χ0n) is 10.0. The van der Waals surface area contributed by atoms with Gasteiger partial charge in [-0.2, -0.15) is 0 Å². The summed E-state index contributed by atoms with van der Waals surface area (Å²) in [6, 6.07) is 0. The van der Waals surface area contributed by atoms with Gasteiger partial charge in [0.05, 0.1) is 6.54 Å². The number of carbonyl (C=O) groups excluding carboxylic acids is 1. The van der Waals surface area contributed by atoms with Crippen molar-refractivity contribution in [2.45, 2.75) is 32.0 Å². The van der Waals surface area contributed by atoms with E-state index in [1.54, 1.807) is 0 Å². The van der Waals surface area contributed by atoms with Crippen molar-refractivity contribution in [3.8, 4) is 0 Å². The first-order chi connectivity index (χ1) is 7.30. The Hall–Kier alpha value is -0.840. The van der Waals surface area contributed by atoms with E-state index in [4.69, 9.17) is 4.74 Å². The number of alkyl halides is 1. The summed E-state index contributed by atoms with van der Waals surface area (Å²) < 4.78 is 19.5. The Labute approximate surface area is 95.1 Å². The summed E-state index contributed by atoms with van der Waals surface area (Å²) in [5, 5.41) is 3.02. The molecule has 2 aliphatic heterocycles. The highest BCUT2D eigenvalue weighted by molar-refractivity contribution is 5.69. The van der Waals surface area contributed by atoms with Crippen LogP contribution in [0.2, 0.25) is 0 Å². The van der Waals surface area contributed by atoms with Gasteiger partial charge in [0.2, 0.25) is 0 Å². The molecule has 0 aliphatic carbocycles. The highest BCUT2D eigenvalue weighted by Crippen LogP contribution is 2.34. The number of rotatable bonds is 0. The van der Waals surface area contributed by atoms with Crippen molar-refractivity contribution in [2.24, 2.45) is 5.92 Å². The van der Waals surface area contributed by atoms with Crippen LogP contribution in [-0.4, -0.2) is 48.4 Å². The standard InChI is InChI=1S/C11H19FN2O2/c1-10(2,3)16-9(15)14-5-8-4-13-6-11(8,12)7-14/h8,13H,4-7H2,1-3H3/t8-,11+/m1/s1. The van der Waals surface area contributed by atoms with E-state index >= 15 is 0 Å². The molecule has 0 aromatic rings. The third kappa shape index (κ3) is 2.14. The Kier molecular flexibility index (Phi) is 2.61. The predicted octanol–water partition coefficient (Wildman–Crippen LogP) is 1.16. The lowest BCUT2D eigenvalue weighted by atomic mass is 9.97. The van der Waals surface area contributed by atoms with Gasteiger partial charge in [0.1, 0.15) is 11.3 Å². The van der Waals surface area contributed by atoms with E-state index < -0.39 is 17.4 Å². The van der Waals surface area contributed by atoms with Crippen LogP contribution in [-0.2, 0) is 4.74 Å². The van der Waals surface area contributed by atoms with E-state index in [2.05, 4.69) is 5.32 Å². The number of hydrogen-bond donors (Lipinski definition) is 1. The summed E-state index contributed by atoms with van der Waals surface area (Å²) >= 11 is 0. The fourth-order valence-electron chi connectivity index (χ4n) is 2.31. The van der Waals surface area contributed by atoms with Crippen LogP contribution in [0.4, 0.5) is 9.18 Å². The molecule has 0 aromatic heterocycles. The number of nitrogens with one attached hydrogen (secondary N) is 1. The lowest BCUT2D eigenvalue weighted by Crippen LogP contribution is -2.39. The first-order valence-electron chi connectivity index (χ1n) is 5.68. The SMILES string of the molecule is CC(C)(C)OC(=O)N1C[C@H]2CNC[C@]2(F)C1. The third-order valence-electron chi connectivity index (χ3n) is 3.09. The Balaban J connectivity index is 1.97. The molecule has 0 saturated carbocycles. The molecule has 2 heterocycles. The fourth-order valence-corrected chi connectivity index (χ4v) is 2.31. The monoisotopic (exact) mass is 230 g/mol. The normalized spacial score (nSPS) is 34.0. The third-order valence-corrected chi connectivity index (χ3v) is 3.09. The van der Waals surface area contributed by atoms with E-state index in [0.29, 0.717) is 19.6 Å². The second-order valence-electron chi connectivity index (χ2n) is 5.72. The average molecular weight is 230 g/mol. The van der Waals surface area contributed by atoms with Crippen molar-refractivity contribution in [3.63, 3.8) is 0 Å². The lowest BCUT2D eigenvalue weighted by molar-refractivity contribution is 0.0259. The van der Waals surface area contributed by atoms with Crippen molar-refractivity contribution in [3.05, 3.63) is 0 Å². The van der Waals surface area contributed by atoms with Gasteiger partial charge in [-0.05, 0) is 20.8 Å². The number of halogens is 1. The molecule has 0 spiro atoms. The summed E-state index contributed by atoms with van der Waals surface area (Å²) in [5.74, 6) is -0.0833. The van der Waals surface area contributed by atoms with Crippen LogP contribution in [0, 0.1) is 5.92 Å². The molecule has 0 aromatic carbocycles. The van der Waals surface area contributed by atoms with Crippen LogP contribution in [0.15, 0.2) is 0 Å². The van der Waals surface area contributed by atoms with Crippen LogP contribution < -0.4 is 5.32 Å². The Bertz CT molecular complexity index is 303. The highest BCUT2D eigenvalue weighted by Gasteiger charge is 2.52. The Morgan fingerprint density at radius 3 is 2.81 bits per heavy atom. The molecule has 92 valence electrons. The van der Waals surface area contributed by atoms with Crippen LogP contribution in [0.25, 0.3) is 0 Å². The molecule has 2 aliphatic rings. The maximum atomic E-state index is 14.2. The van der Waals surface area contributed by atoms with Crippen molar-refractivity contribution in [1.82, 2.24) is 10.2 Å². The first-order valence-corrected chi connectivity index (χ1v) is 5.68. The number of carbonyl (C=O) groups is 1. The summed E-state index contributed by atoms with van der Waals surface area (Å²) in [4.78, 5) is 13.2. The van der Waals surface area contributed by atoms with Gasteiger partial charge in [-0.3, -0.25) is 0 Å². The topological polar surface area (TPSA) is 41.6 Å². The lowest BCUT2D eigenvalue weighted by Gasteiger charge is -2.25. The molecule has 4 nitrogen and oxygen atoms in total. The van der Waals surface area contributed by atoms with E-state index in [1.165, 1.54) is 4.90 Å². The van der Waals surface area contributed by atoms with Crippen molar-refractivity contribution in [2.75, 3.05) is 26.2 Å². The van der Waals surface area contributed by atoms with Gasteiger partial charge in [0, 0.05) is 25.6 Å². The zero-order valence-corrected chi connectivity index (χ0v) is 10.0. The van der Waals surface area contributed by atoms with Gasteiger partial charge >= 0.3 is 6.09 Å². The second-order valence-corrected chi connectivity index (χ2v) is 5.72. The maximum Gasteiger partial charge on any atom is 0.410 e. The van der Waals surface area contributed by atoms with Gasteiger partial charge in [0.25, 0.3) is 0 Å². The molecule has 0 bridgehead atoms. The predicted molar refractivity (Wildman–Crippen MR) is 58.0 cm³/mol. The van der Waals surface area contributed by atoms with Crippen LogP contribution in [0.5, 0.6) is 0 Å². The van der Waals surface area contributed by atoms with E-state index in [-0.39, 0.29) is 12.5 Å². The first kappa shape index (κ1) is 11.6. The molecule has 2 rings (SSSR count).